The third-order valence-corrected chi connectivity index (χ3v) is 6.08. The molecule has 0 atom stereocenters. The van der Waals surface area contributed by atoms with Gasteiger partial charge in [0.05, 0.1) is 13.7 Å². The molecule has 0 saturated carbocycles. The number of nitrogens with one attached hydrogen (secondary N) is 3. The van der Waals surface area contributed by atoms with Crippen LogP contribution in [-0.2, 0) is 11.3 Å². The first-order valence-electron chi connectivity index (χ1n) is 10.6. The van der Waals surface area contributed by atoms with E-state index in [1.807, 2.05) is 49.4 Å². The van der Waals surface area contributed by atoms with E-state index in [4.69, 9.17) is 21.7 Å². The number of benzene rings is 2. The van der Waals surface area contributed by atoms with Crippen molar-refractivity contribution in [3.05, 3.63) is 81.3 Å². The third-order valence-electron chi connectivity index (χ3n) is 5.07. The maximum Gasteiger partial charge on any atom is 0.262 e. The first kappa shape index (κ1) is 24.4. The average molecular weight is 555 g/mol. The highest BCUT2D eigenvalue weighted by atomic mass is 79.9. The van der Waals surface area contributed by atoms with Crippen LogP contribution in [0.3, 0.4) is 0 Å². The normalized spacial score (nSPS) is 10.6. The van der Waals surface area contributed by atoms with E-state index in [1.54, 1.807) is 30.2 Å². The summed E-state index contributed by atoms with van der Waals surface area (Å²) in [5.41, 5.74) is 6.86. The third kappa shape index (κ3) is 6.06. The zero-order valence-corrected chi connectivity index (χ0v) is 21.4. The number of hydrogen-bond donors (Lipinski definition) is 3. The Morgan fingerprint density at radius 1 is 1.14 bits per heavy atom. The number of H-pyrrole nitrogens is 1. The first-order chi connectivity index (χ1) is 16.9. The maximum absolute atomic E-state index is 12.3. The van der Waals surface area contributed by atoms with Crippen LogP contribution in [0.4, 0.5) is 5.69 Å². The second-order valence-electron chi connectivity index (χ2n) is 7.56. The van der Waals surface area contributed by atoms with Gasteiger partial charge in [0.25, 0.3) is 5.91 Å². The molecule has 2 aromatic carbocycles. The highest BCUT2D eigenvalue weighted by Crippen LogP contribution is 2.34. The summed E-state index contributed by atoms with van der Waals surface area (Å²) in [4.78, 5) is 16.4. The number of pyridine rings is 1. The summed E-state index contributed by atoms with van der Waals surface area (Å²) in [6.07, 6.45) is 3.39. The van der Waals surface area contributed by atoms with Gasteiger partial charge >= 0.3 is 0 Å². The second-order valence-corrected chi connectivity index (χ2v) is 8.80. The molecule has 11 heteroatoms. The van der Waals surface area contributed by atoms with Crippen LogP contribution in [0.25, 0.3) is 11.4 Å². The van der Waals surface area contributed by atoms with Crippen LogP contribution in [-0.4, -0.2) is 39.5 Å². The van der Waals surface area contributed by atoms with Gasteiger partial charge < -0.3 is 20.2 Å². The van der Waals surface area contributed by atoms with E-state index in [-0.39, 0.29) is 12.5 Å². The molecule has 0 saturated heterocycles. The van der Waals surface area contributed by atoms with E-state index in [9.17, 15) is 4.79 Å². The molecule has 0 spiro atoms. The number of hydrogen-bond acceptors (Lipinski definition) is 7. The number of amides is 1. The van der Waals surface area contributed by atoms with E-state index in [1.165, 1.54) is 0 Å². The zero-order valence-electron chi connectivity index (χ0n) is 19.0. The summed E-state index contributed by atoms with van der Waals surface area (Å²) < 4.78 is 14.1. The van der Waals surface area contributed by atoms with E-state index in [2.05, 4.69) is 41.9 Å². The minimum absolute atomic E-state index is 0.159. The molecule has 0 fully saturated rings. The molecule has 0 unspecified atom stereocenters. The Morgan fingerprint density at radius 2 is 1.89 bits per heavy atom. The highest BCUT2D eigenvalue weighted by Gasteiger charge is 2.14. The summed E-state index contributed by atoms with van der Waals surface area (Å²) in [5, 5.41) is 9.92. The summed E-state index contributed by atoms with van der Waals surface area (Å²) in [6, 6.07) is 14.9. The molecule has 9 nitrogen and oxygen atoms in total. The van der Waals surface area contributed by atoms with E-state index in [0.717, 1.165) is 21.2 Å². The molecular formula is C24H23BrN6O3S. The van der Waals surface area contributed by atoms with Crippen LogP contribution in [0.5, 0.6) is 11.5 Å². The lowest BCUT2D eigenvalue weighted by molar-refractivity contribution is -0.118. The number of ether oxygens (including phenoxy) is 2. The monoisotopic (exact) mass is 554 g/mol. The fourth-order valence-corrected chi connectivity index (χ4v) is 3.92. The number of carbonyl (C=O) groups excluding carboxylic acids is 1. The minimum Gasteiger partial charge on any atom is -0.493 e. The largest absolute Gasteiger partial charge is 0.493 e. The lowest BCUT2D eigenvalue weighted by Crippen LogP contribution is -2.20. The fraction of sp³-hybridized carbons (Fsp3) is 0.167. The molecule has 2 aromatic heterocycles. The van der Waals surface area contributed by atoms with Crippen molar-refractivity contribution in [2.24, 2.45) is 0 Å². The van der Waals surface area contributed by atoms with Gasteiger partial charge in [0.15, 0.2) is 23.9 Å². The van der Waals surface area contributed by atoms with Crippen molar-refractivity contribution in [2.45, 2.75) is 13.5 Å². The van der Waals surface area contributed by atoms with Crippen molar-refractivity contribution in [1.29, 1.82) is 0 Å². The van der Waals surface area contributed by atoms with Crippen LogP contribution in [0.1, 0.15) is 11.1 Å². The number of carbonyl (C=O) groups is 1. The molecule has 0 aliphatic rings. The van der Waals surface area contributed by atoms with E-state index < -0.39 is 0 Å². The van der Waals surface area contributed by atoms with Gasteiger partial charge in [0.1, 0.15) is 0 Å². The Bertz CT molecular complexity index is 1370. The van der Waals surface area contributed by atoms with Gasteiger partial charge in [-0.3, -0.25) is 9.78 Å². The average Bonchev–Trinajstić information content (AvgIpc) is 3.24. The highest BCUT2D eigenvalue weighted by molar-refractivity contribution is 9.10. The van der Waals surface area contributed by atoms with E-state index in [0.29, 0.717) is 34.3 Å². The van der Waals surface area contributed by atoms with Crippen molar-refractivity contribution in [3.8, 4) is 22.9 Å². The molecule has 4 rings (SSSR count). The van der Waals surface area contributed by atoms with Crippen LogP contribution in [0.2, 0.25) is 0 Å². The molecule has 0 radical (unpaired) electrons. The van der Waals surface area contributed by atoms with E-state index >= 15 is 0 Å². The van der Waals surface area contributed by atoms with Crippen LogP contribution in [0.15, 0.2) is 65.4 Å². The Hall–Kier alpha value is -3.70. The van der Waals surface area contributed by atoms with Crippen LogP contribution in [0, 0.1) is 11.7 Å². The molecule has 180 valence electrons. The molecule has 35 heavy (non-hydrogen) atoms. The van der Waals surface area contributed by atoms with Gasteiger partial charge in [-0.2, -0.15) is 5.10 Å². The standard InChI is InChI=1S/C24H23BrN6O3S/c1-15-3-5-18(6-4-15)28-22(32)14-34-21-12-19(25)17(11-20(21)33-2)13-27-31-23(29-30-24(31)35)16-7-9-26-10-8-16/h3-12,27H,13-14H2,1-2H3,(H,28,32)(H,30,35). The lowest BCUT2D eigenvalue weighted by atomic mass is 10.2. The SMILES string of the molecule is COc1cc(CNn2c(-c3ccncc3)n[nH]c2=S)c(Br)cc1OCC(=O)Nc1ccc(C)cc1. The topological polar surface area (TPSA) is 106 Å². The number of aromatic amines is 1. The number of nitrogens with zero attached hydrogens (tertiary/aromatic N) is 3. The number of methoxy groups -OCH3 is 1. The molecular weight excluding hydrogens is 532 g/mol. The summed E-state index contributed by atoms with van der Waals surface area (Å²) in [6.45, 7) is 2.24. The fourth-order valence-electron chi connectivity index (χ4n) is 3.26. The van der Waals surface area contributed by atoms with Crippen LogP contribution >= 0.6 is 28.1 Å². The molecule has 2 heterocycles. The number of rotatable bonds is 9. The van der Waals surface area contributed by atoms with Crippen molar-refractivity contribution in [1.82, 2.24) is 19.9 Å². The first-order valence-corrected chi connectivity index (χ1v) is 11.8. The summed E-state index contributed by atoms with van der Waals surface area (Å²) >= 11 is 8.96. The molecule has 0 aliphatic carbocycles. The number of aromatic nitrogens is 4. The lowest BCUT2D eigenvalue weighted by Gasteiger charge is -2.15. The molecule has 0 bridgehead atoms. The van der Waals surface area contributed by atoms with Crippen molar-refractivity contribution in [3.63, 3.8) is 0 Å². The number of halogens is 1. The van der Waals surface area contributed by atoms with Crippen LogP contribution < -0.4 is 20.2 Å². The van der Waals surface area contributed by atoms with Gasteiger partial charge in [0.2, 0.25) is 4.77 Å². The van der Waals surface area contributed by atoms with Gasteiger partial charge in [0, 0.05) is 28.1 Å². The second kappa shape index (κ2) is 11.2. The smallest absolute Gasteiger partial charge is 0.262 e. The van der Waals surface area contributed by atoms with Crippen molar-refractivity contribution >= 4 is 39.7 Å². The van der Waals surface area contributed by atoms with Gasteiger partial charge in [-0.1, -0.05) is 33.6 Å². The summed E-state index contributed by atoms with van der Waals surface area (Å²) in [7, 11) is 1.55. The Kier molecular flexibility index (Phi) is 7.78. The molecule has 4 aromatic rings. The Labute approximate surface area is 215 Å². The number of anilines is 1. The Balaban J connectivity index is 1.44. The minimum atomic E-state index is -0.268. The number of aryl methyl sites for hydroxylation is 1. The van der Waals surface area contributed by atoms with Gasteiger partial charge in [-0.25, -0.2) is 9.77 Å². The maximum atomic E-state index is 12.3. The molecule has 0 aliphatic heterocycles. The predicted molar refractivity (Wildman–Crippen MR) is 140 cm³/mol. The zero-order chi connectivity index (χ0) is 24.8. The quantitative estimate of drug-likeness (QED) is 0.254. The summed E-state index contributed by atoms with van der Waals surface area (Å²) in [5.74, 6) is 1.31. The molecule has 3 N–H and O–H groups in total. The van der Waals surface area contributed by atoms with Crippen molar-refractivity contribution < 1.29 is 14.3 Å². The van der Waals surface area contributed by atoms with Crippen molar-refractivity contribution in [2.75, 3.05) is 24.5 Å². The van der Waals surface area contributed by atoms with Gasteiger partial charge in [-0.15, -0.1) is 0 Å². The predicted octanol–water partition coefficient (Wildman–Crippen LogP) is 4.84. The van der Waals surface area contributed by atoms with Gasteiger partial charge in [-0.05, 0) is 61.1 Å². The Morgan fingerprint density at radius 3 is 2.60 bits per heavy atom. The molecule has 1 amide bonds.